The molecule has 1 aliphatic heterocycles. The molecular weight excluding hydrogens is 500 g/mol. The van der Waals surface area contributed by atoms with Gasteiger partial charge in [0, 0.05) is 12.2 Å². The van der Waals surface area contributed by atoms with E-state index in [1.165, 1.54) is 13.2 Å². The maximum atomic E-state index is 13.3. The summed E-state index contributed by atoms with van der Waals surface area (Å²) in [6.07, 6.45) is 1.73. The van der Waals surface area contributed by atoms with Crippen LogP contribution in [0.1, 0.15) is 58.7 Å². The minimum absolute atomic E-state index is 0.0633. The number of sulfone groups is 1. The van der Waals surface area contributed by atoms with Crippen LogP contribution in [0.5, 0.6) is 11.5 Å². The van der Waals surface area contributed by atoms with Crippen LogP contribution in [-0.4, -0.2) is 63.1 Å². The fourth-order valence-electron chi connectivity index (χ4n) is 3.77. The molecule has 3 amide bonds. The number of ether oxygens (including phenoxy) is 2. The number of primary amides is 1. The first-order chi connectivity index (χ1) is 17.3. The number of carbonyl (C=O) groups excluding carboxylic acids is 4. The highest BCUT2D eigenvalue weighted by molar-refractivity contribution is 7.90. The van der Waals surface area contributed by atoms with Crippen molar-refractivity contribution in [1.29, 1.82) is 0 Å². The van der Waals surface area contributed by atoms with Gasteiger partial charge in [-0.2, -0.15) is 0 Å². The summed E-state index contributed by atoms with van der Waals surface area (Å²) >= 11 is 0. The predicted octanol–water partition coefficient (Wildman–Crippen LogP) is 2.34. The number of imide groups is 1. The molecule has 0 unspecified atom stereocenters. The van der Waals surface area contributed by atoms with Crippen molar-refractivity contribution in [2.24, 2.45) is 11.7 Å². The Morgan fingerprint density at radius 3 is 2.27 bits per heavy atom. The molecule has 3 rings (SSSR count). The number of hydrogen-bond acceptors (Lipinski definition) is 8. The van der Waals surface area contributed by atoms with Gasteiger partial charge in [0.15, 0.2) is 11.5 Å². The maximum absolute atomic E-state index is 13.3. The molecule has 1 heterocycles. The Morgan fingerprint density at radius 2 is 1.76 bits per heavy atom. The van der Waals surface area contributed by atoms with Gasteiger partial charge < -0.3 is 20.0 Å². The SMILES string of the molecule is CC(C)C=O.CCOc1cc([C@@H](CS(C)(=O)=O)N2C(=O)c3cccc(CC(N)=O)c3C2=O)ccc1OC. The Labute approximate surface area is 216 Å². The number of hydrogen-bond donors (Lipinski definition) is 1. The lowest BCUT2D eigenvalue weighted by Gasteiger charge is -2.27. The van der Waals surface area contributed by atoms with E-state index in [9.17, 15) is 27.6 Å². The van der Waals surface area contributed by atoms with Gasteiger partial charge in [0.1, 0.15) is 16.1 Å². The maximum Gasteiger partial charge on any atom is 0.262 e. The molecule has 10 nitrogen and oxygen atoms in total. The van der Waals surface area contributed by atoms with Gasteiger partial charge in [0.05, 0.1) is 43.1 Å². The number of rotatable bonds is 10. The zero-order valence-corrected chi connectivity index (χ0v) is 22.3. The van der Waals surface area contributed by atoms with Crippen LogP contribution in [-0.2, 0) is 25.8 Å². The van der Waals surface area contributed by atoms with Gasteiger partial charge in [0.25, 0.3) is 11.8 Å². The topological polar surface area (TPSA) is 150 Å². The highest BCUT2D eigenvalue weighted by Crippen LogP contribution is 2.37. The number of aldehydes is 1. The van der Waals surface area contributed by atoms with Gasteiger partial charge in [-0.1, -0.05) is 32.0 Å². The summed E-state index contributed by atoms with van der Waals surface area (Å²) < 4.78 is 35.3. The van der Waals surface area contributed by atoms with E-state index >= 15 is 0 Å². The summed E-state index contributed by atoms with van der Waals surface area (Å²) in [6.45, 7) is 5.82. The normalized spacial score (nSPS) is 13.5. The minimum atomic E-state index is -3.61. The van der Waals surface area contributed by atoms with Crippen molar-refractivity contribution < 1.29 is 37.1 Å². The number of fused-ring (bicyclic) bond motifs is 1. The molecule has 2 aromatic carbocycles. The van der Waals surface area contributed by atoms with Gasteiger partial charge in [-0.3, -0.25) is 19.3 Å². The van der Waals surface area contributed by atoms with Crippen LogP contribution < -0.4 is 15.2 Å². The van der Waals surface area contributed by atoms with E-state index in [-0.39, 0.29) is 23.5 Å². The molecule has 11 heteroatoms. The van der Waals surface area contributed by atoms with Crippen molar-refractivity contribution in [3.63, 3.8) is 0 Å². The van der Waals surface area contributed by atoms with Crippen molar-refractivity contribution in [2.75, 3.05) is 25.7 Å². The predicted molar refractivity (Wildman–Crippen MR) is 137 cm³/mol. The zero-order valence-electron chi connectivity index (χ0n) is 21.5. The van der Waals surface area contributed by atoms with E-state index in [2.05, 4.69) is 0 Å². The van der Waals surface area contributed by atoms with Crippen molar-refractivity contribution in [2.45, 2.75) is 33.2 Å². The number of carbonyl (C=O) groups is 4. The molecule has 0 saturated carbocycles. The molecule has 1 aliphatic rings. The third-order valence-electron chi connectivity index (χ3n) is 5.31. The van der Waals surface area contributed by atoms with E-state index in [1.54, 1.807) is 37.3 Å². The number of nitrogens with zero attached hydrogens (tertiary/aromatic N) is 1. The summed E-state index contributed by atoms with van der Waals surface area (Å²) in [4.78, 5) is 48.4. The lowest BCUT2D eigenvalue weighted by molar-refractivity contribution is -0.117. The van der Waals surface area contributed by atoms with Crippen molar-refractivity contribution >= 4 is 33.8 Å². The van der Waals surface area contributed by atoms with Crippen LogP contribution >= 0.6 is 0 Å². The van der Waals surface area contributed by atoms with Crippen LogP contribution in [0.2, 0.25) is 0 Å². The first-order valence-corrected chi connectivity index (χ1v) is 13.6. The van der Waals surface area contributed by atoms with Crippen LogP contribution in [0, 0.1) is 5.92 Å². The second kappa shape index (κ2) is 12.5. The number of methoxy groups -OCH3 is 1. The minimum Gasteiger partial charge on any atom is -0.493 e. The van der Waals surface area contributed by atoms with Gasteiger partial charge in [-0.05, 0) is 36.2 Å². The van der Waals surface area contributed by atoms with Gasteiger partial charge >= 0.3 is 0 Å². The Balaban J connectivity index is 0.000000877. The lowest BCUT2D eigenvalue weighted by Crippen LogP contribution is -2.38. The molecule has 1 atom stereocenters. The molecule has 2 N–H and O–H groups in total. The van der Waals surface area contributed by atoms with Crippen LogP contribution in [0.3, 0.4) is 0 Å². The third-order valence-corrected chi connectivity index (χ3v) is 6.24. The molecule has 0 saturated heterocycles. The smallest absolute Gasteiger partial charge is 0.262 e. The summed E-state index contributed by atoms with van der Waals surface area (Å²) in [6, 6.07) is 8.20. The molecule has 0 spiro atoms. The first kappa shape index (κ1) is 29.5. The molecule has 0 radical (unpaired) electrons. The quantitative estimate of drug-likeness (QED) is 0.362. The molecule has 0 bridgehead atoms. The van der Waals surface area contributed by atoms with E-state index in [0.717, 1.165) is 17.4 Å². The first-order valence-electron chi connectivity index (χ1n) is 11.6. The largest absolute Gasteiger partial charge is 0.493 e. The monoisotopic (exact) mass is 532 g/mol. The average Bonchev–Trinajstić information content (AvgIpc) is 3.08. The van der Waals surface area contributed by atoms with Gasteiger partial charge in [-0.25, -0.2) is 8.42 Å². The van der Waals surface area contributed by atoms with Crippen molar-refractivity contribution in [3.05, 3.63) is 58.7 Å². The zero-order chi connectivity index (χ0) is 27.9. The Bertz CT molecular complexity index is 1290. The highest BCUT2D eigenvalue weighted by Gasteiger charge is 2.43. The van der Waals surface area contributed by atoms with E-state index in [0.29, 0.717) is 29.2 Å². The Kier molecular flexibility index (Phi) is 9.96. The number of nitrogens with two attached hydrogens (primary N) is 1. The van der Waals surface area contributed by atoms with Gasteiger partial charge in [-0.15, -0.1) is 0 Å². The average molecular weight is 533 g/mol. The van der Waals surface area contributed by atoms with Crippen molar-refractivity contribution in [3.8, 4) is 11.5 Å². The second-order valence-electron chi connectivity index (χ2n) is 8.79. The summed E-state index contributed by atoms with van der Waals surface area (Å²) in [7, 11) is -2.14. The van der Waals surface area contributed by atoms with Crippen molar-refractivity contribution in [1.82, 2.24) is 4.90 Å². The summed E-state index contributed by atoms with van der Waals surface area (Å²) in [5.74, 6) is -1.46. The summed E-state index contributed by atoms with van der Waals surface area (Å²) in [5.41, 5.74) is 6.16. The molecular formula is C26H32N2O8S. The van der Waals surface area contributed by atoms with Crippen LogP contribution in [0.25, 0.3) is 0 Å². The molecule has 200 valence electrons. The molecule has 37 heavy (non-hydrogen) atoms. The fraction of sp³-hybridized carbons (Fsp3) is 0.385. The van der Waals surface area contributed by atoms with E-state index < -0.39 is 39.4 Å². The Morgan fingerprint density at radius 1 is 1.11 bits per heavy atom. The third kappa shape index (κ3) is 7.39. The van der Waals surface area contributed by atoms with E-state index in [1.807, 2.05) is 13.8 Å². The number of amides is 3. The lowest BCUT2D eigenvalue weighted by atomic mass is 10.0. The molecule has 0 fully saturated rings. The summed E-state index contributed by atoms with van der Waals surface area (Å²) in [5, 5.41) is 0. The standard InChI is InChI=1S/C22H24N2O7S.C4H8O/c1-4-31-18-10-13(8-9-17(18)30-2)16(12-32(3,28)29)24-21(26)15-7-5-6-14(11-19(23)25)20(15)22(24)27;1-4(2)3-5/h5-10,16H,4,11-12H2,1-3H3,(H2,23,25);3-4H,1-2H3/t16-;/m1./s1. The molecule has 0 aliphatic carbocycles. The number of benzene rings is 2. The molecule has 0 aromatic heterocycles. The van der Waals surface area contributed by atoms with Crippen LogP contribution in [0.4, 0.5) is 0 Å². The second-order valence-corrected chi connectivity index (χ2v) is 11.0. The highest BCUT2D eigenvalue weighted by atomic mass is 32.2. The molecule has 2 aromatic rings. The fourth-order valence-corrected chi connectivity index (χ4v) is 4.68. The van der Waals surface area contributed by atoms with E-state index in [4.69, 9.17) is 15.2 Å². The Hall–Kier alpha value is -3.73. The van der Waals surface area contributed by atoms with Crippen LogP contribution in [0.15, 0.2) is 36.4 Å². The van der Waals surface area contributed by atoms with Gasteiger partial charge in [0.2, 0.25) is 5.91 Å².